The average Bonchev–Trinajstić information content (AvgIpc) is 2.41. The highest BCUT2D eigenvalue weighted by Gasteiger charge is 2.21. The zero-order valence-corrected chi connectivity index (χ0v) is 11.5. The Bertz CT molecular complexity index is 653. The van der Waals surface area contributed by atoms with E-state index >= 15 is 0 Å². The van der Waals surface area contributed by atoms with Gasteiger partial charge in [0, 0.05) is 11.1 Å². The van der Waals surface area contributed by atoms with Gasteiger partial charge >= 0.3 is 0 Å². The zero-order valence-electron chi connectivity index (χ0n) is 11.5. The van der Waals surface area contributed by atoms with Crippen molar-refractivity contribution in [1.29, 1.82) is 0 Å². The standard InChI is InChI=1S/C19H18/c1-14(2)19-13-17-9-4-3-7-15(17)11-12-16-8-5-6-10-18(16)19/h3-10,14,19H,13H2,1-2H3. The van der Waals surface area contributed by atoms with Crippen LogP contribution in [0.1, 0.15) is 42.0 Å². The summed E-state index contributed by atoms with van der Waals surface area (Å²) in [6.45, 7) is 4.61. The molecular weight excluding hydrogens is 228 g/mol. The lowest BCUT2D eigenvalue weighted by molar-refractivity contribution is 0.494. The van der Waals surface area contributed by atoms with Gasteiger partial charge in [-0.2, -0.15) is 0 Å². The molecule has 0 N–H and O–H groups in total. The van der Waals surface area contributed by atoms with Gasteiger partial charge in [0.25, 0.3) is 0 Å². The molecule has 0 saturated carbocycles. The van der Waals surface area contributed by atoms with E-state index in [2.05, 4.69) is 74.2 Å². The minimum atomic E-state index is 0.548. The van der Waals surface area contributed by atoms with Gasteiger partial charge < -0.3 is 0 Å². The Morgan fingerprint density at radius 1 is 0.895 bits per heavy atom. The van der Waals surface area contributed by atoms with Crippen molar-refractivity contribution in [2.45, 2.75) is 26.2 Å². The fraction of sp³-hybridized carbons (Fsp3) is 0.263. The molecule has 3 rings (SSSR count). The minimum Gasteiger partial charge on any atom is -0.0622 e. The van der Waals surface area contributed by atoms with Crippen molar-refractivity contribution in [3.05, 3.63) is 70.8 Å². The Morgan fingerprint density at radius 3 is 2.32 bits per heavy atom. The summed E-state index contributed by atoms with van der Waals surface area (Å²) in [6, 6.07) is 17.1. The van der Waals surface area contributed by atoms with Gasteiger partial charge in [-0.15, -0.1) is 0 Å². The van der Waals surface area contributed by atoms with Gasteiger partial charge in [0.15, 0.2) is 0 Å². The van der Waals surface area contributed by atoms with Gasteiger partial charge in [-0.3, -0.25) is 0 Å². The predicted octanol–water partition coefficient (Wildman–Crippen LogP) is 4.38. The molecule has 0 bridgehead atoms. The molecule has 1 unspecified atom stereocenters. The fourth-order valence-electron chi connectivity index (χ4n) is 2.83. The smallest absolute Gasteiger partial charge is 0.0284 e. The van der Waals surface area contributed by atoms with E-state index in [1.165, 1.54) is 22.3 Å². The molecule has 1 aliphatic carbocycles. The first kappa shape index (κ1) is 12.1. The Labute approximate surface area is 115 Å². The van der Waals surface area contributed by atoms with Gasteiger partial charge in [0.2, 0.25) is 0 Å². The van der Waals surface area contributed by atoms with E-state index in [1.54, 1.807) is 0 Å². The summed E-state index contributed by atoms with van der Waals surface area (Å²) in [5.41, 5.74) is 5.15. The van der Waals surface area contributed by atoms with E-state index in [0.29, 0.717) is 11.8 Å². The number of benzene rings is 2. The molecule has 0 nitrogen and oxygen atoms in total. The van der Waals surface area contributed by atoms with Crippen molar-refractivity contribution >= 4 is 0 Å². The lowest BCUT2D eigenvalue weighted by Crippen LogP contribution is -2.13. The first-order valence-corrected chi connectivity index (χ1v) is 6.94. The van der Waals surface area contributed by atoms with Crippen LogP contribution in [0.2, 0.25) is 0 Å². The van der Waals surface area contributed by atoms with Crippen molar-refractivity contribution in [2.24, 2.45) is 5.92 Å². The van der Waals surface area contributed by atoms with E-state index in [-0.39, 0.29) is 0 Å². The summed E-state index contributed by atoms with van der Waals surface area (Å²) in [6.07, 6.45) is 1.08. The van der Waals surface area contributed by atoms with E-state index in [9.17, 15) is 0 Å². The van der Waals surface area contributed by atoms with Crippen molar-refractivity contribution in [3.8, 4) is 11.8 Å². The van der Waals surface area contributed by atoms with Crippen LogP contribution in [-0.4, -0.2) is 0 Å². The van der Waals surface area contributed by atoms with Gasteiger partial charge in [-0.1, -0.05) is 62.1 Å². The second-order valence-electron chi connectivity index (χ2n) is 5.55. The molecular formula is C19H18. The lowest BCUT2D eigenvalue weighted by Gasteiger charge is -2.24. The van der Waals surface area contributed by atoms with Gasteiger partial charge in [0.05, 0.1) is 0 Å². The molecule has 0 aliphatic heterocycles. The molecule has 1 atom stereocenters. The molecule has 0 spiro atoms. The molecule has 2 aromatic carbocycles. The third-order valence-electron chi connectivity index (χ3n) is 3.95. The minimum absolute atomic E-state index is 0.548. The highest BCUT2D eigenvalue weighted by atomic mass is 14.2. The number of rotatable bonds is 1. The van der Waals surface area contributed by atoms with Crippen LogP contribution in [0, 0.1) is 17.8 Å². The average molecular weight is 246 g/mol. The Morgan fingerprint density at radius 2 is 1.53 bits per heavy atom. The first-order valence-electron chi connectivity index (χ1n) is 6.94. The van der Waals surface area contributed by atoms with Crippen LogP contribution in [-0.2, 0) is 6.42 Å². The van der Waals surface area contributed by atoms with Crippen LogP contribution in [0.15, 0.2) is 48.5 Å². The van der Waals surface area contributed by atoms with E-state index in [0.717, 1.165) is 6.42 Å². The molecule has 0 heterocycles. The van der Waals surface area contributed by atoms with Crippen LogP contribution in [0.3, 0.4) is 0 Å². The summed E-state index contributed by atoms with van der Waals surface area (Å²) in [7, 11) is 0. The summed E-state index contributed by atoms with van der Waals surface area (Å²) in [5.74, 6) is 7.85. The highest BCUT2D eigenvalue weighted by molar-refractivity contribution is 5.52. The molecule has 0 saturated heterocycles. The molecule has 0 radical (unpaired) electrons. The molecule has 2 aromatic rings. The van der Waals surface area contributed by atoms with Crippen LogP contribution in [0.25, 0.3) is 0 Å². The van der Waals surface area contributed by atoms with Gasteiger partial charge in [0.1, 0.15) is 0 Å². The van der Waals surface area contributed by atoms with E-state index in [4.69, 9.17) is 0 Å². The lowest BCUT2D eigenvalue weighted by atomic mass is 9.79. The molecule has 1 aliphatic rings. The van der Waals surface area contributed by atoms with Crippen LogP contribution < -0.4 is 0 Å². The Balaban J connectivity index is 2.20. The van der Waals surface area contributed by atoms with E-state index < -0.39 is 0 Å². The number of hydrogen-bond acceptors (Lipinski definition) is 0. The zero-order chi connectivity index (χ0) is 13.2. The van der Waals surface area contributed by atoms with Gasteiger partial charge in [-0.25, -0.2) is 0 Å². The number of hydrogen-bond donors (Lipinski definition) is 0. The summed E-state index contributed by atoms with van der Waals surface area (Å²) in [5, 5.41) is 0. The first-order chi connectivity index (χ1) is 9.25. The highest BCUT2D eigenvalue weighted by Crippen LogP contribution is 2.32. The second kappa shape index (κ2) is 4.94. The maximum absolute atomic E-state index is 3.36. The normalized spacial score (nSPS) is 16.7. The molecule has 0 amide bonds. The summed E-state index contributed by atoms with van der Waals surface area (Å²) < 4.78 is 0. The third kappa shape index (κ3) is 2.29. The quantitative estimate of drug-likeness (QED) is 0.655. The molecule has 19 heavy (non-hydrogen) atoms. The molecule has 0 heteroatoms. The van der Waals surface area contributed by atoms with Crippen molar-refractivity contribution < 1.29 is 0 Å². The van der Waals surface area contributed by atoms with Crippen molar-refractivity contribution in [2.75, 3.05) is 0 Å². The van der Waals surface area contributed by atoms with Crippen molar-refractivity contribution in [1.82, 2.24) is 0 Å². The maximum atomic E-state index is 3.36. The Hall–Kier alpha value is -2.00. The molecule has 94 valence electrons. The van der Waals surface area contributed by atoms with Gasteiger partial charge in [-0.05, 0) is 41.5 Å². The summed E-state index contributed by atoms with van der Waals surface area (Å²) >= 11 is 0. The SMILES string of the molecule is CC(C)C1Cc2ccccc2C#Cc2ccccc21. The third-order valence-corrected chi connectivity index (χ3v) is 3.95. The Kier molecular flexibility index (Phi) is 3.13. The largest absolute Gasteiger partial charge is 0.0622 e. The maximum Gasteiger partial charge on any atom is 0.0284 e. The molecule has 0 fully saturated rings. The van der Waals surface area contributed by atoms with Crippen molar-refractivity contribution in [3.63, 3.8) is 0 Å². The van der Waals surface area contributed by atoms with Crippen LogP contribution in [0.4, 0.5) is 0 Å². The summed E-state index contributed by atoms with van der Waals surface area (Å²) in [4.78, 5) is 0. The molecule has 0 aromatic heterocycles. The predicted molar refractivity (Wildman–Crippen MR) is 80.1 cm³/mol. The fourth-order valence-corrected chi connectivity index (χ4v) is 2.83. The monoisotopic (exact) mass is 246 g/mol. The topological polar surface area (TPSA) is 0 Å². The second-order valence-corrected chi connectivity index (χ2v) is 5.55. The van der Waals surface area contributed by atoms with Crippen LogP contribution >= 0.6 is 0 Å². The van der Waals surface area contributed by atoms with E-state index in [1.807, 2.05) is 0 Å². The number of fused-ring (bicyclic) bond motifs is 2. The van der Waals surface area contributed by atoms with Crippen LogP contribution in [0.5, 0.6) is 0 Å².